The molecule has 2 amide bonds. The highest BCUT2D eigenvalue weighted by atomic mass is 16.4. The highest BCUT2D eigenvalue weighted by Crippen LogP contribution is 2.48. The lowest BCUT2D eigenvalue weighted by atomic mass is 9.82. The Morgan fingerprint density at radius 3 is 2.40 bits per heavy atom. The lowest BCUT2D eigenvalue weighted by molar-refractivity contribution is -0.147. The van der Waals surface area contributed by atoms with Gasteiger partial charge in [-0.2, -0.15) is 0 Å². The number of nitrogens with one attached hydrogen (secondary N) is 2. The molecule has 2 aliphatic carbocycles. The fraction of sp³-hybridized carbons (Fsp3) is 0.643. The molecule has 4 atom stereocenters. The molecular formula is C14H20N2O4. The van der Waals surface area contributed by atoms with Crippen LogP contribution in [0.3, 0.4) is 0 Å². The minimum atomic E-state index is -0.911. The number of carbonyl (C=O) groups excluding carboxylic acids is 2. The zero-order valence-corrected chi connectivity index (χ0v) is 11.5. The molecule has 6 nitrogen and oxygen atoms in total. The Labute approximate surface area is 117 Å². The van der Waals surface area contributed by atoms with Gasteiger partial charge >= 0.3 is 5.97 Å². The molecule has 0 heterocycles. The Balaban J connectivity index is 1.87. The fourth-order valence-corrected chi connectivity index (χ4v) is 3.22. The zero-order chi connectivity index (χ0) is 14.7. The summed E-state index contributed by atoms with van der Waals surface area (Å²) in [4.78, 5) is 34.7. The molecule has 4 unspecified atom stereocenters. The van der Waals surface area contributed by atoms with E-state index in [1.807, 2.05) is 19.1 Å². The monoisotopic (exact) mass is 280 g/mol. The third-order valence-corrected chi connectivity index (χ3v) is 4.07. The molecule has 1 fully saturated rings. The van der Waals surface area contributed by atoms with Gasteiger partial charge in [0, 0.05) is 19.5 Å². The van der Waals surface area contributed by atoms with Crippen LogP contribution in [0.2, 0.25) is 0 Å². The van der Waals surface area contributed by atoms with Gasteiger partial charge in [-0.05, 0) is 25.2 Å². The molecule has 2 aliphatic rings. The molecular weight excluding hydrogens is 260 g/mol. The third kappa shape index (κ3) is 2.84. The predicted molar refractivity (Wildman–Crippen MR) is 71.7 cm³/mol. The van der Waals surface area contributed by atoms with Crippen molar-refractivity contribution >= 4 is 17.8 Å². The number of carboxylic acids is 1. The summed E-state index contributed by atoms with van der Waals surface area (Å²) in [5.41, 5.74) is 0. The standard InChI is InChI=1S/C14H20N2O4/c1-2-15-10(17)5-6-16-13(18)11-8-3-4-9(7-8)12(11)14(19)20/h3-4,8-9,11-12H,2,5-7H2,1H3,(H,15,17)(H,16,18)(H,19,20). The largest absolute Gasteiger partial charge is 0.481 e. The van der Waals surface area contributed by atoms with E-state index >= 15 is 0 Å². The number of fused-ring (bicyclic) bond motifs is 2. The van der Waals surface area contributed by atoms with Crippen LogP contribution in [0.4, 0.5) is 0 Å². The van der Waals surface area contributed by atoms with Crippen molar-refractivity contribution < 1.29 is 19.5 Å². The summed E-state index contributed by atoms with van der Waals surface area (Å²) < 4.78 is 0. The molecule has 1 saturated carbocycles. The molecule has 0 aromatic heterocycles. The average Bonchev–Trinajstić information content (AvgIpc) is 2.98. The highest BCUT2D eigenvalue weighted by molar-refractivity contribution is 5.87. The number of rotatable bonds is 6. The van der Waals surface area contributed by atoms with Crippen molar-refractivity contribution in [2.45, 2.75) is 19.8 Å². The van der Waals surface area contributed by atoms with E-state index < -0.39 is 17.8 Å². The van der Waals surface area contributed by atoms with Gasteiger partial charge in [0.2, 0.25) is 11.8 Å². The smallest absolute Gasteiger partial charge is 0.307 e. The van der Waals surface area contributed by atoms with Crippen LogP contribution in [0.1, 0.15) is 19.8 Å². The van der Waals surface area contributed by atoms with Gasteiger partial charge in [-0.25, -0.2) is 0 Å². The first kappa shape index (κ1) is 14.6. The molecule has 2 rings (SSSR count). The fourth-order valence-electron chi connectivity index (χ4n) is 3.22. The second-order valence-electron chi connectivity index (χ2n) is 5.33. The Morgan fingerprint density at radius 2 is 1.80 bits per heavy atom. The van der Waals surface area contributed by atoms with Crippen LogP contribution < -0.4 is 10.6 Å². The summed E-state index contributed by atoms with van der Waals surface area (Å²) in [7, 11) is 0. The van der Waals surface area contributed by atoms with Crippen LogP contribution in [-0.4, -0.2) is 36.0 Å². The van der Waals surface area contributed by atoms with Gasteiger partial charge in [0.05, 0.1) is 11.8 Å². The van der Waals surface area contributed by atoms with Crippen LogP contribution in [0.25, 0.3) is 0 Å². The van der Waals surface area contributed by atoms with E-state index in [1.54, 1.807) is 0 Å². The van der Waals surface area contributed by atoms with Crippen LogP contribution in [0.5, 0.6) is 0 Å². The minimum Gasteiger partial charge on any atom is -0.481 e. The van der Waals surface area contributed by atoms with Crippen LogP contribution in [-0.2, 0) is 14.4 Å². The average molecular weight is 280 g/mol. The van der Waals surface area contributed by atoms with Crippen LogP contribution in [0.15, 0.2) is 12.2 Å². The molecule has 0 saturated heterocycles. The number of allylic oxidation sites excluding steroid dienone is 2. The summed E-state index contributed by atoms with van der Waals surface area (Å²) in [5.74, 6) is -2.42. The SMILES string of the molecule is CCNC(=O)CCNC(=O)C1C2C=CC(C2)C1C(=O)O. The number of amides is 2. The van der Waals surface area contributed by atoms with Gasteiger partial charge < -0.3 is 15.7 Å². The molecule has 6 heteroatoms. The van der Waals surface area contributed by atoms with Gasteiger partial charge in [-0.3, -0.25) is 14.4 Å². The molecule has 0 aromatic carbocycles. The number of hydrogen-bond donors (Lipinski definition) is 3. The second kappa shape index (κ2) is 6.07. The van der Waals surface area contributed by atoms with E-state index in [9.17, 15) is 19.5 Å². The van der Waals surface area contributed by atoms with Crippen molar-refractivity contribution in [3.63, 3.8) is 0 Å². The molecule has 2 bridgehead atoms. The third-order valence-electron chi connectivity index (χ3n) is 4.07. The van der Waals surface area contributed by atoms with Crippen molar-refractivity contribution in [1.82, 2.24) is 10.6 Å². The van der Waals surface area contributed by atoms with E-state index in [1.165, 1.54) is 0 Å². The van der Waals surface area contributed by atoms with Crippen molar-refractivity contribution in [2.24, 2.45) is 23.7 Å². The molecule has 0 aliphatic heterocycles. The molecule has 0 radical (unpaired) electrons. The number of aliphatic carboxylic acids is 1. The Kier molecular flexibility index (Phi) is 4.42. The first-order valence-electron chi connectivity index (χ1n) is 7.00. The molecule has 0 spiro atoms. The molecule has 110 valence electrons. The van der Waals surface area contributed by atoms with Gasteiger partial charge in [-0.1, -0.05) is 12.2 Å². The van der Waals surface area contributed by atoms with Crippen molar-refractivity contribution in [2.75, 3.05) is 13.1 Å². The van der Waals surface area contributed by atoms with Gasteiger partial charge in [0.15, 0.2) is 0 Å². The summed E-state index contributed by atoms with van der Waals surface area (Å²) in [6, 6.07) is 0. The number of hydrogen-bond acceptors (Lipinski definition) is 3. The molecule has 3 N–H and O–H groups in total. The van der Waals surface area contributed by atoms with E-state index in [0.29, 0.717) is 6.54 Å². The summed E-state index contributed by atoms with van der Waals surface area (Å²) in [6.07, 6.45) is 4.80. The van der Waals surface area contributed by atoms with E-state index in [2.05, 4.69) is 10.6 Å². The summed E-state index contributed by atoms with van der Waals surface area (Å²) in [6.45, 7) is 2.63. The Bertz CT molecular complexity index is 446. The number of carbonyl (C=O) groups is 3. The Hall–Kier alpha value is -1.85. The van der Waals surface area contributed by atoms with E-state index in [4.69, 9.17) is 0 Å². The van der Waals surface area contributed by atoms with E-state index in [-0.39, 0.29) is 36.6 Å². The first-order chi connectivity index (χ1) is 9.54. The molecule has 0 aromatic rings. The maximum atomic E-state index is 12.1. The zero-order valence-electron chi connectivity index (χ0n) is 11.5. The quantitative estimate of drug-likeness (QED) is 0.604. The van der Waals surface area contributed by atoms with Crippen molar-refractivity contribution in [1.29, 1.82) is 0 Å². The highest BCUT2D eigenvalue weighted by Gasteiger charge is 2.51. The lowest BCUT2D eigenvalue weighted by Gasteiger charge is -2.23. The van der Waals surface area contributed by atoms with Gasteiger partial charge in [-0.15, -0.1) is 0 Å². The summed E-state index contributed by atoms with van der Waals surface area (Å²) >= 11 is 0. The predicted octanol–water partition coefficient (Wildman–Crippen LogP) is 0.152. The van der Waals surface area contributed by atoms with Gasteiger partial charge in [0.25, 0.3) is 0 Å². The van der Waals surface area contributed by atoms with E-state index in [0.717, 1.165) is 6.42 Å². The maximum Gasteiger partial charge on any atom is 0.307 e. The van der Waals surface area contributed by atoms with Crippen LogP contribution >= 0.6 is 0 Å². The minimum absolute atomic E-state index is 0.0190. The Morgan fingerprint density at radius 1 is 1.15 bits per heavy atom. The normalized spacial score (nSPS) is 30.2. The maximum absolute atomic E-state index is 12.1. The topological polar surface area (TPSA) is 95.5 Å². The molecule has 20 heavy (non-hydrogen) atoms. The van der Waals surface area contributed by atoms with Gasteiger partial charge in [0.1, 0.15) is 0 Å². The lowest BCUT2D eigenvalue weighted by Crippen LogP contribution is -2.41. The number of carboxylic acid groups (broad SMARTS) is 1. The van der Waals surface area contributed by atoms with Crippen molar-refractivity contribution in [3.8, 4) is 0 Å². The van der Waals surface area contributed by atoms with Crippen LogP contribution in [0, 0.1) is 23.7 Å². The first-order valence-corrected chi connectivity index (χ1v) is 7.00. The second-order valence-corrected chi connectivity index (χ2v) is 5.33. The van der Waals surface area contributed by atoms with Crippen molar-refractivity contribution in [3.05, 3.63) is 12.2 Å². The summed E-state index contributed by atoms with van der Waals surface area (Å²) in [5, 5.41) is 14.6.